The van der Waals surface area contributed by atoms with Crippen LogP contribution in [0.25, 0.3) is 0 Å². The fourth-order valence-corrected chi connectivity index (χ4v) is 4.59. The van der Waals surface area contributed by atoms with Gasteiger partial charge in [-0.3, -0.25) is 4.79 Å². The minimum Gasteiger partial charge on any atom is -0.480 e. The summed E-state index contributed by atoms with van der Waals surface area (Å²) >= 11 is 0. The topological polar surface area (TPSA) is 104 Å². The summed E-state index contributed by atoms with van der Waals surface area (Å²) in [4.78, 5) is 39.2. The standard InChI is InChI=1S/C16H25N3O4/c17-16(23)18-7-3-5-11(9-18)14(20)19-12-6-2-1-4-10(12)8-13(19)15(21)22/h10-13H,1-9H2,(H2,17,23)(H,21,22)/t10-,11+,12-,13+/m1/s1. The molecule has 3 fully saturated rings. The molecule has 0 aromatic heterocycles. The lowest BCUT2D eigenvalue weighted by atomic mass is 9.84. The molecule has 0 bridgehead atoms. The van der Waals surface area contributed by atoms with E-state index in [1.807, 2.05) is 0 Å². The number of carboxylic acids is 1. The van der Waals surface area contributed by atoms with Gasteiger partial charge in [-0.15, -0.1) is 0 Å². The average molecular weight is 323 g/mol. The number of urea groups is 1. The largest absolute Gasteiger partial charge is 0.480 e. The van der Waals surface area contributed by atoms with Crippen LogP contribution in [0.3, 0.4) is 0 Å². The fourth-order valence-electron chi connectivity index (χ4n) is 4.59. The van der Waals surface area contributed by atoms with Crippen molar-refractivity contribution in [3.63, 3.8) is 0 Å². The SMILES string of the molecule is NC(=O)N1CCC[C@H](C(=O)N2[C@@H]3CCCC[C@@H]3C[C@H]2C(=O)O)C1. The van der Waals surface area contributed by atoms with Gasteiger partial charge in [-0.05, 0) is 38.0 Å². The number of fused-ring (bicyclic) bond motifs is 1. The Morgan fingerprint density at radius 3 is 2.48 bits per heavy atom. The molecule has 0 unspecified atom stereocenters. The molecule has 0 aromatic carbocycles. The molecule has 23 heavy (non-hydrogen) atoms. The molecule has 1 saturated carbocycles. The second-order valence-corrected chi connectivity index (χ2v) is 7.07. The summed E-state index contributed by atoms with van der Waals surface area (Å²) in [5.41, 5.74) is 5.33. The second kappa shape index (κ2) is 6.37. The zero-order valence-electron chi connectivity index (χ0n) is 13.3. The number of primary amides is 1. The number of carbonyl (C=O) groups is 3. The molecule has 7 nitrogen and oxygen atoms in total. The predicted molar refractivity (Wildman–Crippen MR) is 82.5 cm³/mol. The predicted octanol–water partition coefficient (Wildman–Crippen LogP) is 1.02. The van der Waals surface area contributed by atoms with E-state index in [1.165, 1.54) is 4.90 Å². The van der Waals surface area contributed by atoms with E-state index in [4.69, 9.17) is 5.73 Å². The Morgan fingerprint density at radius 2 is 1.78 bits per heavy atom. The van der Waals surface area contributed by atoms with Gasteiger partial charge in [0, 0.05) is 19.1 Å². The van der Waals surface area contributed by atoms with Crippen molar-refractivity contribution < 1.29 is 19.5 Å². The lowest BCUT2D eigenvalue weighted by Gasteiger charge is -2.38. The molecule has 128 valence electrons. The molecule has 0 aromatic rings. The van der Waals surface area contributed by atoms with Gasteiger partial charge in [0.1, 0.15) is 6.04 Å². The Hall–Kier alpha value is -1.79. The Kier molecular flexibility index (Phi) is 4.46. The molecule has 0 radical (unpaired) electrons. The van der Waals surface area contributed by atoms with E-state index in [9.17, 15) is 19.5 Å². The average Bonchev–Trinajstić information content (AvgIpc) is 2.94. The Morgan fingerprint density at radius 1 is 1.04 bits per heavy atom. The summed E-state index contributed by atoms with van der Waals surface area (Å²) in [6.07, 6.45) is 6.08. The summed E-state index contributed by atoms with van der Waals surface area (Å²) < 4.78 is 0. The number of rotatable bonds is 2. The van der Waals surface area contributed by atoms with Gasteiger partial charge in [0.25, 0.3) is 0 Å². The lowest BCUT2D eigenvalue weighted by Crippen LogP contribution is -2.53. The van der Waals surface area contributed by atoms with E-state index in [0.29, 0.717) is 31.8 Å². The number of nitrogens with zero attached hydrogens (tertiary/aromatic N) is 2. The fraction of sp³-hybridized carbons (Fsp3) is 0.812. The van der Waals surface area contributed by atoms with Gasteiger partial charge in [-0.1, -0.05) is 12.8 Å². The molecule has 4 atom stereocenters. The first-order valence-corrected chi connectivity index (χ1v) is 8.58. The van der Waals surface area contributed by atoms with Crippen molar-refractivity contribution in [1.82, 2.24) is 9.80 Å². The zero-order chi connectivity index (χ0) is 16.6. The van der Waals surface area contributed by atoms with Crippen LogP contribution in [0.2, 0.25) is 0 Å². The molecule has 3 rings (SSSR count). The summed E-state index contributed by atoms with van der Waals surface area (Å²) in [5, 5.41) is 9.54. The molecule has 2 aliphatic heterocycles. The minimum absolute atomic E-state index is 0.0568. The van der Waals surface area contributed by atoms with Crippen molar-refractivity contribution in [2.45, 2.75) is 57.0 Å². The number of hydrogen-bond donors (Lipinski definition) is 2. The number of likely N-dealkylation sites (tertiary alicyclic amines) is 2. The van der Waals surface area contributed by atoms with E-state index >= 15 is 0 Å². The highest BCUT2D eigenvalue weighted by Gasteiger charge is 2.49. The Bertz CT molecular complexity index is 510. The van der Waals surface area contributed by atoms with E-state index in [1.54, 1.807) is 4.90 Å². The van der Waals surface area contributed by atoms with Crippen molar-refractivity contribution in [3.8, 4) is 0 Å². The first-order valence-electron chi connectivity index (χ1n) is 8.58. The van der Waals surface area contributed by atoms with E-state index in [-0.39, 0.29) is 17.9 Å². The van der Waals surface area contributed by atoms with Crippen molar-refractivity contribution in [3.05, 3.63) is 0 Å². The van der Waals surface area contributed by atoms with Crippen LogP contribution in [0.4, 0.5) is 4.79 Å². The van der Waals surface area contributed by atoms with Crippen molar-refractivity contribution in [2.75, 3.05) is 13.1 Å². The Balaban J connectivity index is 1.78. The molecular weight excluding hydrogens is 298 g/mol. The monoisotopic (exact) mass is 323 g/mol. The van der Waals surface area contributed by atoms with Crippen LogP contribution < -0.4 is 5.73 Å². The van der Waals surface area contributed by atoms with Crippen LogP contribution in [0.1, 0.15) is 44.9 Å². The Labute approximate surface area is 135 Å². The lowest BCUT2D eigenvalue weighted by molar-refractivity contribution is -0.152. The quantitative estimate of drug-likeness (QED) is 0.791. The van der Waals surface area contributed by atoms with Gasteiger partial charge in [-0.25, -0.2) is 9.59 Å². The minimum atomic E-state index is -0.907. The number of amides is 3. The number of carboxylic acid groups (broad SMARTS) is 1. The molecule has 3 N–H and O–H groups in total. The second-order valence-electron chi connectivity index (χ2n) is 7.07. The number of carbonyl (C=O) groups excluding carboxylic acids is 2. The van der Waals surface area contributed by atoms with Gasteiger partial charge in [0.05, 0.1) is 5.92 Å². The molecule has 3 amide bonds. The van der Waals surface area contributed by atoms with E-state index in [2.05, 4.69) is 0 Å². The summed E-state index contributed by atoms with van der Waals surface area (Å²) in [6.45, 7) is 0.891. The maximum atomic E-state index is 13.0. The van der Waals surface area contributed by atoms with Crippen LogP contribution in [0.5, 0.6) is 0 Å². The zero-order valence-corrected chi connectivity index (χ0v) is 13.3. The number of aliphatic carboxylic acids is 1. The van der Waals surface area contributed by atoms with Gasteiger partial charge >= 0.3 is 12.0 Å². The van der Waals surface area contributed by atoms with Crippen LogP contribution in [-0.2, 0) is 9.59 Å². The maximum Gasteiger partial charge on any atom is 0.326 e. The third kappa shape index (κ3) is 3.01. The number of nitrogens with two attached hydrogens (primary N) is 1. The van der Waals surface area contributed by atoms with Gasteiger partial charge in [0.15, 0.2) is 0 Å². The highest BCUT2D eigenvalue weighted by atomic mass is 16.4. The molecule has 2 heterocycles. The van der Waals surface area contributed by atoms with Crippen LogP contribution >= 0.6 is 0 Å². The third-order valence-electron chi connectivity index (χ3n) is 5.71. The van der Waals surface area contributed by atoms with Crippen LogP contribution in [-0.4, -0.2) is 58.0 Å². The molecule has 7 heteroatoms. The summed E-state index contributed by atoms with van der Waals surface area (Å²) in [5.74, 6) is -1.02. The van der Waals surface area contributed by atoms with Crippen molar-refractivity contribution in [1.29, 1.82) is 0 Å². The third-order valence-corrected chi connectivity index (χ3v) is 5.71. The van der Waals surface area contributed by atoms with Crippen molar-refractivity contribution in [2.24, 2.45) is 17.6 Å². The first kappa shape index (κ1) is 16.1. The normalized spacial score (nSPS) is 34.1. The van der Waals surface area contributed by atoms with Crippen molar-refractivity contribution >= 4 is 17.9 Å². The molecule has 0 spiro atoms. The first-order chi connectivity index (χ1) is 11.0. The maximum absolute atomic E-state index is 13.0. The van der Waals surface area contributed by atoms with Gasteiger partial charge < -0.3 is 20.6 Å². The molecular formula is C16H25N3O4. The summed E-state index contributed by atoms with van der Waals surface area (Å²) in [6, 6.07) is -1.16. The molecule has 3 aliphatic rings. The number of hydrogen-bond acceptors (Lipinski definition) is 3. The van der Waals surface area contributed by atoms with Crippen LogP contribution in [0.15, 0.2) is 0 Å². The highest BCUT2D eigenvalue weighted by Crippen LogP contribution is 2.41. The highest BCUT2D eigenvalue weighted by molar-refractivity contribution is 5.87. The van der Waals surface area contributed by atoms with Crippen LogP contribution in [0, 0.1) is 11.8 Å². The van der Waals surface area contributed by atoms with Gasteiger partial charge in [0.2, 0.25) is 5.91 Å². The van der Waals surface area contributed by atoms with E-state index < -0.39 is 18.0 Å². The molecule has 2 saturated heterocycles. The number of piperidine rings is 1. The molecule has 1 aliphatic carbocycles. The smallest absolute Gasteiger partial charge is 0.326 e. The van der Waals surface area contributed by atoms with E-state index in [0.717, 1.165) is 32.1 Å². The summed E-state index contributed by atoms with van der Waals surface area (Å²) in [7, 11) is 0. The van der Waals surface area contributed by atoms with Gasteiger partial charge in [-0.2, -0.15) is 0 Å².